The molecule has 0 radical (unpaired) electrons. The number of fused-ring (bicyclic) bond motifs is 1. The number of nitrogens with zero attached hydrogens (tertiary/aromatic N) is 1. The van der Waals surface area contributed by atoms with Crippen molar-refractivity contribution in [1.82, 2.24) is 4.31 Å². The number of hydrogen-bond acceptors (Lipinski definition) is 4. The van der Waals surface area contributed by atoms with Crippen LogP contribution in [0.15, 0.2) is 41.0 Å². The van der Waals surface area contributed by atoms with Crippen LogP contribution in [0.3, 0.4) is 0 Å². The second-order valence-electron chi connectivity index (χ2n) is 10.7. The van der Waals surface area contributed by atoms with Gasteiger partial charge in [-0.2, -0.15) is 0 Å². The SMILES string of the molecule is CC(C)[Si](OC1=CC[C@@](C)(C(=O)N2[C@H](C)c3ccccc3S2(=O)=O)CC1)(C(C)C)C(C)C. The highest BCUT2D eigenvalue weighted by Crippen LogP contribution is 2.48. The molecule has 3 rings (SSSR count). The van der Waals surface area contributed by atoms with E-state index < -0.39 is 29.8 Å². The molecule has 1 amide bonds. The van der Waals surface area contributed by atoms with Crippen LogP contribution in [-0.2, 0) is 19.2 Å². The maximum absolute atomic E-state index is 13.6. The molecular weight excluding hydrogens is 438 g/mol. The van der Waals surface area contributed by atoms with Crippen molar-refractivity contribution in [2.45, 2.75) is 102 Å². The van der Waals surface area contributed by atoms with Gasteiger partial charge in [-0.25, -0.2) is 12.7 Å². The van der Waals surface area contributed by atoms with Gasteiger partial charge in [-0.1, -0.05) is 66.7 Å². The van der Waals surface area contributed by atoms with Crippen LogP contribution in [-0.4, -0.2) is 26.9 Å². The molecule has 0 fully saturated rings. The van der Waals surface area contributed by atoms with Gasteiger partial charge in [0.2, 0.25) is 5.91 Å². The monoisotopic (exact) mass is 477 g/mol. The molecule has 0 bridgehead atoms. The number of amides is 1. The van der Waals surface area contributed by atoms with Gasteiger partial charge in [-0.05, 0) is 54.1 Å². The van der Waals surface area contributed by atoms with E-state index in [1.54, 1.807) is 25.1 Å². The third-order valence-corrected chi connectivity index (χ3v) is 15.7. The molecule has 0 aromatic heterocycles. The molecule has 5 nitrogen and oxygen atoms in total. The smallest absolute Gasteiger partial charge is 0.267 e. The van der Waals surface area contributed by atoms with Gasteiger partial charge in [0, 0.05) is 6.42 Å². The van der Waals surface area contributed by atoms with Crippen molar-refractivity contribution in [3.05, 3.63) is 41.7 Å². The maximum Gasteiger partial charge on any atom is 0.267 e. The van der Waals surface area contributed by atoms with Crippen LogP contribution in [0.1, 0.15) is 86.3 Å². The molecule has 32 heavy (non-hydrogen) atoms. The molecule has 7 heteroatoms. The minimum atomic E-state index is -3.82. The number of allylic oxidation sites excluding steroid dienone is 2. The zero-order chi connectivity index (χ0) is 24.1. The predicted molar refractivity (Wildman–Crippen MR) is 131 cm³/mol. The van der Waals surface area contributed by atoms with Gasteiger partial charge in [0.25, 0.3) is 18.3 Å². The van der Waals surface area contributed by atoms with E-state index in [0.717, 1.165) is 10.1 Å². The van der Waals surface area contributed by atoms with Crippen molar-refractivity contribution in [1.29, 1.82) is 0 Å². The largest absolute Gasteiger partial charge is 0.546 e. The summed E-state index contributed by atoms with van der Waals surface area (Å²) < 4.78 is 34.3. The number of carbonyl (C=O) groups is 1. The van der Waals surface area contributed by atoms with Gasteiger partial charge in [0.15, 0.2) is 0 Å². The zero-order valence-corrected chi connectivity index (χ0v) is 22.6. The van der Waals surface area contributed by atoms with Crippen molar-refractivity contribution < 1.29 is 17.6 Å². The molecule has 0 unspecified atom stereocenters. The Morgan fingerprint density at radius 2 is 1.66 bits per heavy atom. The van der Waals surface area contributed by atoms with E-state index in [0.29, 0.717) is 41.4 Å². The van der Waals surface area contributed by atoms with Crippen LogP contribution in [0.25, 0.3) is 0 Å². The molecular formula is C25H39NO4SSi. The summed E-state index contributed by atoms with van der Waals surface area (Å²) in [5, 5.41) is 0. The lowest BCUT2D eigenvalue weighted by molar-refractivity contribution is -0.138. The van der Waals surface area contributed by atoms with Crippen LogP contribution in [0.5, 0.6) is 0 Å². The van der Waals surface area contributed by atoms with E-state index in [-0.39, 0.29) is 10.8 Å². The molecule has 0 saturated carbocycles. The molecule has 0 N–H and O–H groups in total. The highest BCUT2D eigenvalue weighted by Gasteiger charge is 2.51. The highest BCUT2D eigenvalue weighted by atomic mass is 32.2. The molecule has 178 valence electrons. The molecule has 2 aliphatic rings. The zero-order valence-electron chi connectivity index (χ0n) is 20.8. The first kappa shape index (κ1) is 25.0. The minimum Gasteiger partial charge on any atom is -0.546 e. The molecule has 1 aliphatic heterocycles. The molecule has 0 saturated heterocycles. The first-order valence-electron chi connectivity index (χ1n) is 11.8. The third-order valence-electron chi connectivity index (χ3n) is 7.69. The van der Waals surface area contributed by atoms with Gasteiger partial charge in [0.05, 0.1) is 22.1 Å². The maximum atomic E-state index is 13.6. The molecule has 1 aromatic rings. The fourth-order valence-corrected chi connectivity index (χ4v) is 13.2. The van der Waals surface area contributed by atoms with Crippen molar-refractivity contribution in [2.75, 3.05) is 0 Å². The van der Waals surface area contributed by atoms with Crippen molar-refractivity contribution in [3.8, 4) is 0 Å². The average molecular weight is 478 g/mol. The number of hydrogen-bond donors (Lipinski definition) is 0. The summed E-state index contributed by atoms with van der Waals surface area (Å²) in [7, 11) is -5.87. The Kier molecular flexibility index (Phi) is 6.75. The Balaban J connectivity index is 1.85. The number of carbonyl (C=O) groups excluding carboxylic acids is 1. The quantitative estimate of drug-likeness (QED) is 0.436. The molecule has 2 atom stereocenters. The fraction of sp³-hybridized carbons (Fsp3) is 0.640. The van der Waals surface area contributed by atoms with Crippen LogP contribution >= 0.6 is 0 Å². The third kappa shape index (κ3) is 3.85. The first-order valence-corrected chi connectivity index (χ1v) is 15.4. The Bertz CT molecular complexity index is 993. The number of sulfonamides is 1. The van der Waals surface area contributed by atoms with E-state index in [9.17, 15) is 13.2 Å². The van der Waals surface area contributed by atoms with Crippen LogP contribution in [0.4, 0.5) is 0 Å². The van der Waals surface area contributed by atoms with E-state index in [1.165, 1.54) is 0 Å². The predicted octanol–water partition coefficient (Wildman–Crippen LogP) is 6.54. The van der Waals surface area contributed by atoms with Gasteiger partial charge in [-0.15, -0.1) is 0 Å². The summed E-state index contributed by atoms with van der Waals surface area (Å²) in [4.78, 5) is 13.9. The first-order chi connectivity index (χ1) is 14.8. The topological polar surface area (TPSA) is 63.7 Å². The summed E-state index contributed by atoms with van der Waals surface area (Å²) in [6, 6.07) is 6.44. The summed E-state index contributed by atoms with van der Waals surface area (Å²) in [5.74, 6) is 0.676. The Hall–Kier alpha value is -1.60. The lowest BCUT2D eigenvalue weighted by atomic mass is 9.77. The van der Waals surface area contributed by atoms with Gasteiger partial charge in [-0.3, -0.25) is 4.79 Å². The van der Waals surface area contributed by atoms with E-state index in [2.05, 4.69) is 47.6 Å². The van der Waals surface area contributed by atoms with Crippen molar-refractivity contribution in [2.24, 2.45) is 5.41 Å². The van der Waals surface area contributed by atoms with E-state index in [4.69, 9.17) is 4.43 Å². The van der Waals surface area contributed by atoms with Crippen molar-refractivity contribution in [3.63, 3.8) is 0 Å². The van der Waals surface area contributed by atoms with Crippen LogP contribution < -0.4 is 0 Å². The summed E-state index contributed by atoms with van der Waals surface area (Å²) in [6.07, 6.45) is 3.80. The van der Waals surface area contributed by atoms with E-state index in [1.807, 2.05) is 13.0 Å². The second kappa shape index (κ2) is 8.63. The molecule has 1 aromatic carbocycles. The highest BCUT2D eigenvalue weighted by molar-refractivity contribution is 7.90. The van der Waals surface area contributed by atoms with Crippen LogP contribution in [0.2, 0.25) is 16.6 Å². The normalized spacial score (nSPS) is 25.3. The Morgan fingerprint density at radius 3 is 2.12 bits per heavy atom. The van der Waals surface area contributed by atoms with Gasteiger partial charge >= 0.3 is 0 Å². The van der Waals surface area contributed by atoms with Gasteiger partial charge < -0.3 is 4.43 Å². The number of benzene rings is 1. The second-order valence-corrected chi connectivity index (χ2v) is 17.8. The number of rotatable bonds is 6. The van der Waals surface area contributed by atoms with Crippen LogP contribution in [0, 0.1) is 5.41 Å². The fourth-order valence-electron chi connectivity index (χ4n) is 5.86. The Morgan fingerprint density at radius 1 is 1.09 bits per heavy atom. The lowest BCUT2D eigenvalue weighted by Gasteiger charge is -2.44. The van der Waals surface area contributed by atoms with Crippen molar-refractivity contribution >= 4 is 24.2 Å². The van der Waals surface area contributed by atoms with E-state index >= 15 is 0 Å². The standard InChI is InChI=1S/C25H39NO4SSi/c1-17(2)32(18(3)4,19(5)6)30-21-13-15-25(8,16-14-21)24(27)26-20(7)22-11-9-10-12-23(22)31(26,28)29/h9-13,17-20H,14-16H2,1-8H3/t20-,25-/m1/s1. The summed E-state index contributed by atoms with van der Waals surface area (Å²) in [5.41, 5.74) is 1.38. The lowest BCUT2D eigenvalue weighted by Crippen LogP contribution is -2.48. The average Bonchev–Trinajstić information content (AvgIpc) is 2.92. The minimum absolute atomic E-state index is 0.251. The molecule has 1 heterocycles. The Labute approximate surface area is 195 Å². The van der Waals surface area contributed by atoms with Gasteiger partial charge in [0.1, 0.15) is 0 Å². The summed E-state index contributed by atoms with van der Waals surface area (Å²) >= 11 is 0. The molecule has 0 spiro atoms. The summed E-state index contributed by atoms with van der Waals surface area (Å²) in [6.45, 7) is 17.3. The molecule has 1 aliphatic carbocycles.